The second-order valence-electron chi connectivity index (χ2n) is 3.38. The number of fused-ring (bicyclic) bond motifs is 1. The molecule has 7 heteroatoms. The number of nitrogens with zero attached hydrogens (tertiary/aromatic N) is 5. The highest BCUT2D eigenvalue weighted by molar-refractivity contribution is 5.44. The number of hydrogen-bond acceptors (Lipinski definition) is 4. The normalized spacial score (nSPS) is 10.5. The average Bonchev–Trinajstić information content (AvgIpc) is 2.96. The molecule has 0 spiro atoms. The van der Waals surface area contributed by atoms with E-state index in [2.05, 4.69) is 21.3 Å². The zero-order valence-electron chi connectivity index (χ0n) is 8.53. The molecule has 0 saturated carbocycles. The summed E-state index contributed by atoms with van der Waals surface area (Å²) < 4.78 is 2.91. The van der Waals surface area contributed by atoms with E-state index in [0.29, 0.717) is 17.2 Å². The maximum Gasteiger partial charge on any atom is 0.348 e. The Labute approximate surface area is 94.6 Å². The van der Waals surface area contributed by atoms with Gasteiger partial charge in [0.05, 0.1) is 0 Å². The fourth-order valence-corrected chi connectivity index (χ4v) is 1.60. The second kappa shape index (κ2) is 3.31. The van der Waals surface area contributed by atoms with E-state index in [0.717, 1.165) is 0 Å². The number of aromatic nitrogens is 5. The first kappa shape index (κ1) is 9.35. The van der Waals surface area contributed by atoms with E-state index in [1.165, 1.54) is 10.7 Å². The molecule has 7 nitrogen and oxygen atoms in total. The third-order valence-corrected chi connectivity index (χ3v) is 2.41. The van der Waals surface area contributed by atoms with Gasteiger partial charge in [-0.1, -0.05) is 0 Å². The van der Waals surface area contributed by atoms with Gasteiger partial charge in [-0.05, 0) is 12.1 Å². The minimum absolute atomic E-state index is 0.341. The number of rotatable bonds is 1. The van der Waals surface area contributed by atoms with Crippen molar-refractivity contribution in [3.8, 4) is 11.9 Å². The van der Waals surface area contributed by atoms with Crippen LogP contribution in [0.25, 0.3) is 11.5 Å². The molecule has 0 radical (unpaired) electrons. The highest BCUT2D eigenvalue weighted by Crippen LogP contribution is 2.10. The van der Waals surface area contributed by atoms with E-state index in [4.69, 9.17) is 5.26 Å². The Morgan fingerprint density at radius 1 is 1.47 bits per heavy atom. The van der Waals surface area contributed by atoms with E-state index < -0.39 is 0 Å². The molecule has 0 aliphatic rings. The third kappa shape index (κ3) is 1.32. The van der Waals surface area contributed by atoms with Gasteiger partial charge in [0.2, 0.25) is 0 Å². The number of nitriles is 1. The van der Waals surface area contributed by atoms with Crippen LogP contribution in [-0.4, -0.2) is 24.1 Å². The largest absolute Gasteiger partial charge is 0.348 e. The maximum absolute atomic E-state index is 11.2. The van der Waals surface area contributed by atoms with Crippen LogP contribution in [0.5, 0.6) is 0 Å². The van der Waals surface area contributed by atoms with Crippen LogP contribution >= 0.6 is 0 Å². The van der Waals surface area contributed by atoms with Crippen molar-refractivity contribution in [2.24, 2.45) is 0 Å². The molecule has 0 aliphatic heterocycles. The number of nitrogens with one attached hydrogen (secondary N) is 1. The minimum Gasteiger partial charge on any atom is -0.292 e. The lowest BCUT2D eigenvalue weighted by Gasteiger charge is -2.02. The monoisotopic (exact) mass is 226 g/mol. The number of hydrogen-bond donors (Lipinski definition) is 1. The van der Waals surface area contributed by atoms with Crippen molar-refractivity contribution < 1.29 is 0 Å². The van der Waals surface area contributed by atoms with Gasteiger partial charge in [0, 0.05) is 12.3 Å². The minimum atomic E-state index is -0.341. The van der Waals surface area contributed by atoms with Crippen LogP contribution < -0.4 is 5.69 Å². The van der Waals surface area contributed by atoms with Crippen molar-refractivity contribution in [3.05, 3.63) is 46.9 Å². The van der Waals surface area contributed by atoms with Gasteiger partial charge in [-0.25, -0.2) is 19.3 Å². The van der Waals surface area contributed by atoms with Crippen LogP contribution in [0.15, 0.2) is 35.5 Å². The van der Waals surface area contributed by atoms with Gasteiger partial charge in [-0.15, -0.1) is 0 Å². The highest BCUT2D eigenvalue weighted by Gasteiger charge is 2.06. The predicted octanol–water partition coefficient (Wildman–Crippen LogP) is 0.0800. The van der Waals surface area contributed by atoms with Crippen LogP contribution in [0.1, 0.15) is 5.69 Å². The van der Waals surface area contributed by atoms with Gasteiger partial charge in [0.25, 0.3) is 0 Å². The molecule has 17 heavy (non-hydrogen) atoms. The Balaban J connectivity index is 2.26. The summed E-state index contributed by atoms with van der Waals surface area (Å²) in [6, 6.07) is 7.11. The van der Waals surface area contributed by atoms with Crippen molar-refractivity contribution in [2.75, 3.05) is 0 Å². The fourth-order valence-electron chi connectivity index (χ4n) is 1.60. The predicted molar refractivity (Wildman–Crippen MR) is 57.6 cm³/mol. The zero-order chi connectivity index (χ0) is 11.8. The molecule has 0 aromatic carbocycles. The van der Waals surface area contributed by atoms with E-state index >= 15 is 0 Å². The summed E-state index contributed by atoms with van der Waals surface area (Å²) in [5.74, 6) is 0.540. The SMILES string of the molecule is N#Cc1cccn1-c1cc2n[nH]c(=O)n2cn1. The second-order valence-corrected chi connectivity index (χ2v) is 3.38. The Morgan fingerprint density at radius 2 is 2.35 bits per heavy atom. The van der Waals surface area contributed by atoms with Crippen LogP contribution in [-0.2, 0) is 0 Å². The summed E-state index contributed by atoms with van der Waals surface area (Å²) in [5, 5.41) is 15.1. The molecular weight excluding hydrogens is 220 g/mol. The quantitative estimate of drug-likeness (QED) is 0.636. The molecule has 3 aromatic rings. The lowest BCUT2D eigenvalue weighted by atomic mass is 10.4. The molecule has 0 bridgehead atoms. The first-order valence-electron chi connectivity index (χ1n) is 4.80. The standard InChI is InChI=1S/C10H6N6O/c11-5-7-2-1-3-15(7)8-4-9-13-14-10(17)16(9)6-12-8/h1-4,6H,(H,14,17). The molecule has 0 atom stereocenters. The zero-order valence-corrected chi connectivity index (χ0v) is 8.53. The Morgan fingerprint density at radius 3 is 3.18 bits per heavy atom. The van der Waals surface area contributed by atoms with E-state index in [1.807, 2.05) is 0 Å². The fraction of sp³-hybridized carbons (Fsp3) is 0. The van der Waals surface area contributed by atoms with Crippen molar-refractivity contribution in [2.45, 2.75) is 0 Å². The Hall–Kier alpha value is -2.88. The summed E-state index contributed by atoms with van der Waals surface area (Å²) in [6.07, 6.45) is 3.10. The molecule has 0 aliphatic carbocycles. The molecule has 82 valence electrons. The van der Waals surface area contributed by atoms with Gasteiger partial charge in [0.15, 0.2) is 5.65 Å². The van der Waals surface area contributed by atoms with Gasteiger partial charge >= 0.3 is 5.69 Å². The number of H-pyrrole nitrogens is 1. The number of aromatic amines is 1. The lowest BCUT2D eigenvalue weighted by Crippen LogP contribution is -2.10. The third-order valence-electron chi connectivity index (χ3n) is 2.41. The molecule has 0 saturated heterocycles. The van der Waals surface area contributed by atoms with Crippen molar-refractivity contribution >= 4 is 5.65 Å². The van der Waals surface area contributed by atoms with Crippen molar-refractivity contribution in [1.82, 2.24) is 24.1 Å². The Bertz CT molecular complexity index is 787. The van der Waals surface area contributed by atoms with E-state index in [1.54, 1.807) is 29.0 Å². The molecular formula is C10H6N6O. The summed E-state index contributed by atoms with van der Waals surface area (Å²) in [6.45, 7) is 0. The van der Waals surface area contributed by atoms with Gasteiger partial charge in [-0.3, -0.25) is 4.57 Å². The van der Waals surface area contributed by atoms with Crippen molar-refractivity contribution in [1.29, 1.82) is 5.26 Å². The summed E-state index contributed by atoms with van der Waals surface area (Å²) in [4.78, 5) is 15.4. The molecule has 0 unspecified atom stereocenters. The van der Waals surface area contributed by atoms with Crippen molar-refractivity contribution in [3.63, 3.8) is 0 Å². The van der Waals surface area contributed by atoms with Crippen LogP contribution in [0, 0.1) is 11.3 Å². The summed E-state index contributed by atoms with van der Waals surface area (Å²) in [7, 11) is 0. The van der Waals surface area contributed by atoms with E-state index in [9.17, 15) is 4.79 Å². The van der Waals surface area contributed by atoms with Crippen LogP contribution in [0.3, 0.4) is 0 Å². The average molecular weight is 226 g/mol. The molecule has 3 aromatic heterocycles. The van der Waals surface area contributed by atoms with Gasteiger partial charge < -0.3 is 0 Å². The highest BCUT2D eigenvalue weighted by atomic mass is 16.1. The smallest absolute Gasteiger partial charge is 0.292 e. The first-order chi connectivity index (χ1) is 8.29. The molecule has 0 amide bonds. The molecule has 3 rings (SSSR count). The molecule has 0 fully saturated rings. The Kier molecular flexibility index (Phi) is 1.82. The molecule has 3 heterocycles. The lowest BCUT2D eigenvalue weighted by molar-refractivity contribution is 0.939. The first-order valence-corrected chi connectivity index (χ1v) is 4.80. The summed E-state index contributed by atoms with van der Waals surface area (Å²) >= 11 is 0. The van der Waals surface area contributed by atoms with Gasteiger partial charge in [-0.2, -0.15) is 10.4 Å². The van der Waals surface area contributed by atoms with Gasteiger partial charge in [0.1, 0.15) is 23.9 Å². The topological polar surface area (TPSA) is 91.8 Å². The van der Waals surface area contributed by atoms with E-state index in [-0.39, 0.29) is 5.69 Å². The van der Waals surface area contributed by atoms with Crippen LogP contribution in [0.2, 0.25) is 0 Å². The summed E-state index contributed by atoms with van der Waals surface area (Å²) in [5.41, 5.74) is 0.587. The maximum atomic E-state index is 11.2. The molecule has 1 N–H and O–H groups in total. The van der Waals surface area contributed by atoms with Crippen LogP contribution in [0.4, 0.5) is 0 Å².